The number of rotatable bonds is 9. The molecule has 0 bridgehead atoms. The van der Waals surface area contributed by atoms with Crippen LogP contribution in [0.1, 0.15) is 40.4 Å². The van der Waals surface area contributed by atoms with E-state index in [2.05, 4.69) is 24.8 Å². The van der Waals surface area contributed by atoms with Crippen LogP contribution >= 0.6 is 11.6 Å². The number of aromatic carboxylic acids is 1. The molecule has 1 unspecified atom stereocenters. The molecule has 41 heavy (non-hydrogen) atoms. The van der Waals surface area contributed by atoms with Gasteiger partial charge in [-0.3, -0.25) is 4.90 Å². The van der Waals surface area contributed by atoms with E-state index < -0.39 is 17.6 Å². The predicted octanol–water partition coefficient (Wildman–Crippen LogP) is 5.15. The third-order valence-corrected chi connectivity index (χ3v) is 7.64. The van der Waals surface area contributed by atoms with E-state index in [4.69, 9.17) is 21.3 Å². The van der Waals surface area contributed by atoms with E-state index in [1.54, 1.807) is 30.3 Å². The number of nitrogens with zero attached hydrogens (tertiary/aromatic N) is 5. The van der Waals surface area contributed by atoms with Gasteiger partial charge in [-0.05, 0) is 48.7 Å². The van der Waals surface area contributed by atoms with E-state index in [-0.39, 0.29) is 29.1 Å². The molecule has 4 aromatic rings. The fourth-order valence-corrected chi connectivity index (χ4v) is 5.17. The Balaban J connectivity index is 1.17. The summed E-state index contributed by atoms with van der Waals surface area (Å²) in [5.74, 6) is -0.824. The van der Waals surface area contributed by atoms with E-state index in [1.807, 2.05) is 6.08 Å². The fourth-order valence-electron chi connectivity index (χ4n) is 5.01. The van der Waals surface area contributed by atoms with Gasteiger partial charge in [0.05, 0.1) is 42.0 Å². The predicted molar refractivity (Wildman–Crippen MR) is 150 cm³/mol. The minimum atomic E-state index is -0.978. The van der Waals surface area contributed by atoms with Gasteiger partial charge in [-0.25, -0.2) is 28.5 Å². The van der Waals surface area contributed by atoms with Gasteiger partial charge in [0.25, 0.3) is 0 Å². The maximum atomic E-state index is 14.4. The molecule has 0 radical (unpaired) electrons. The highest BCUT2D eigenvalue weighted by molar-refractivity contribution is 6.30. The Labute approximate surface area is 239 Å². The van der Waals surface area contributed by atoms with Crippen molar-refractivity contribution >= 4 is 40.0 Å². The number of aromatic nitrogens is 4. The highest BCUT2D eigenvalue weighted by Crippen LogP contribution is 2.26. The molecule has 0 saturated carbocycles. The first-order valence-electron chi connectivity index (χ1n) is 13.3. The van der Waals surface area contributed by atoms with Gasteiger partial charge in [-0.2, -0.15) is 0 Å². The molecule has 0 amide bonds. The van der Waals surface area contributed by atoms with Crippen molar-refractivity contribution < 1.29 is 23.4 Å². The molecule has 212 valence electrons. The van der Waals surface area contributed by atoms with Gasteiger partial charge in [0, 0.05) is 36.8 Å². The van der Waals surface area contributed by atoms with Crippen LogP contribution in [0, 0.1) is 11.6 Å². The van der Waals surface area contributed by atoms with Crippen LogP contribution in [0.4, 0.5) is 14.6 Å². The lowest BCUT2D eigenvalue weighted by molar-refractivity contribution is -0.0591. The highest BCUT2D eigenvalue weighted by atomic mass is 35.5. The SMILES string of the molecule is O=C(O)c1ccc2nc(CN3CC=C(c4ncc(F)c(NCc5ccc(Cl)cc5F)n4)CC3)n(CC3CCO3)c2c1. The zero-order chi connectivity index (χ0) is 28.5. The van der Waals surface area contributed by atoms with Crippen molar-refractivity contribution in [1.82, 2.24) is 24.4 Å². The summed E-state index contributed by atoms with van der Waals surface area (Å²) in [6.07, 6.45) is 4.82. The Hall–Kier alpha value is -3.93. The molecule has 6 rings (SSSR count). The van der Waals surface area contributed by atoms with E-state index in [9.17, 15) is 18.7 Å². The molecular formula is C29H27ClF2N6O3. The summed E-state index contributed by atoms with van der Waals surface area (Å²) in [6, 6.07) is 9.31. The number of carboxylic acids is 1. The molecule has 2 aliphatic rings. The average molecular weight is 581 g/mol. The zero-order valence-corrected chi connectivity index (χ0v) is 22.7. The first kappa shape index (κ1) is 27.3. The lowest BCUT2D eigenvalue weighted by Crippen LogP contribution is -2.33. The van der Waals surface area contributed by atoms with Gasteiger partial charge in [0.1, 0.15) is 11.6 Å². The van der Waals surface area contributed by atoms with Crippen LogP contribution in [0.25, 0.3) is 16.6 Å². The van der Waals surface area contributed by atoms with Gasteiger partial charge < -0.3 is 19.7 Å². The Kier molecular flexibility index (Phi) is 7.65. The standard InChI is InChI=1S/C29H27ClF2N6O3/c30-20-3-1-19(22(31)12-20)13-33-28-23(32)14-34-27(36-28)17-5-8-37(9-6-17)16-26-35-24-4-2-18(29(39)40)11-25(24)38(26)15-21-7-10-41-21/h1-5,11-12,14,21H,6-10,13,15-16H2,(H,39,40)(H,33,34,36). The second-order valence-corrected chi connectivity index (χ2v) is 10.6. The molecule has 12 heteroatoms. The highest BCUT2D eigenvalue weighted by Gasteiger charge is 2.24. The monoisotopic (exact) mass is 580 g/mol. The van der Waals surface area contributed by atoms with Crippen molar-refractivity contribution in [1.29, 1.82) is 0 Å². The lowest BCUT2D eigenvalue weighted by atomic mass is 10.1. The Morgan fingerprint density at radius 3 is 2.73 bits per heavy atom. The zero-order valence-electron chi connectivity index (χ0n) is 22.0. The summed E-state index contributed by atoms with van der Waals surface area (Å²) >= 11 is 5.81. The number of anilines is 1. The first-order valence-corrected chi connectivity index (χ1v) is 13.7. The third kappa shape index (κ3) is 5.92. The largest absolute Gasteiger partial charge is 0.478 e. The van der Waals surface area contributed by atoms with Gasteiger partial charge in [0.2, 0.25) is 0 Å². The number of imidazole rings is 1. The Morgan fingerprint density at radius 2 is 2.02 bits per heavy atom. The van der Waals surface area contributed by atoms with Gasteiger partial charge in [-0.15, -0.1) is 0 Å². The summed E-state index contributed by atoms with van der Waals surface area (Å²) in [5.41, 5.74) is 2.98. The van der Waals surface area contributed by atoms with Gasteiger partial charge in [0.15, 0.2) is 17.5 Å². The molecule has 2 aromatic carbocycles. The van der Waals surface area contributed by atoms with E-state index in [1.165, 1.54) is 6.07 Å². The maximum absolute atomic E-state index is 14.4. The second-order valence-electron chi connectivity index (χ2n) is 10.1. The average Bonchev–Trinajstić information content (AvgIpc) is 3.27. The number of carbonyl (C=O) groups is 1. The molecular weight excluding hydrogens is 554 g/mol. The molecule has 2 aliphatic heterocycles. The van der Waals surface area contributed by atoms with Crippen LogP contribution in [-0.2, 0) is 24.4 Å². The van der Waals surface area contributed by atoms with Gasteiger partial charge in [-0.1, -0.05) is 23.7 Å². The van der Waals surface area contributed by atoms with Crippen molar-refractivity contribution in [3.05, 3.63) is 88.1 Å². The first-order chi connectivity index (χ1) is 19.8. The topological polar surface area (TPSA) is 105 Å². The molecule has 2 aromatic heterocycles. The minimum absolute atomic E-state index is 0.000315. The maximum Gasteiger partial charge on any atom is 0.335 e. The number of carboxylic acid groups (broad SMARTS) is 1. The third-order valence-electron chi connectivity index (χ3n) is 7.40. The number of hydrogen-bond acceptors (Lipinski definition) is 7. The van der Waals surface area contributed by atoms with E-state index in [0.717, 1.165) is 41.7 Å². The number of nitrogens with one attached hydrogen (secondary N) is 1. The number of fused-ring (bicyclic) bond motifs is 1. The smallest absolute Gasteiger partial charge is 0.335 e. The van der Waals surface area contributed by atoms with Crippen LogP contribution in [-0.4, -0.2) is 61.3 Å². The van der Waals surface area contributed by atoms with Crippen molar-refractivity contribution in [3.63, 3.8) is 0 Å². The number of benzene rings is 2. The molecule has 4 heterocycles. The summed E-state index contributed by atoms with van der Waals surface area (Å²) in [6.45, 7) is 3.27. The quantitative estimate of drug-likeness (QED) is 0.280. The number of ether oxygens (including phenoxy) is 1. The van der Waals surface area contributed by atoms with Crippen LogP contribution in [0.2, 0.25) is 5.02 Å². The molecule has 1 fully saturated rings. The molecule has 0 spiro atoms. The van der Waals surface area contributed by atoms with Crippen molar-refractivity contribution in [2.24, 2.45) is 0 Å². The number of hydrogen-bond donors (Lipinski definition) is 2. The van der Waals surface area contributed by atoms with E-state index >= 15 is 0 Å². The van der Waals surface area contributed by atoms with Crippen LogP contribution in [0.3, 0.4) is 0 Å². The second kappa shape index (κ2) is 11.5. The molecule has 0 aliphatic carbocycles. The summed E-state index contributed by atoms with van der Waals surface area (Å²) in [7, 11) is 0. The molecule has 2 N–H and O–H groups in total. The van der Waals surface area contributed by atoms with Crippen LogP contribution < -0.4 is 5.32 Å². The normalized spacial score (nSPS) is 17.3. The summed E-state index contributed by atoms with van der Waals surface area (Å²) in [5, 5.41) is 12.6. The van der Waals surface area contributed by atoms with Crippen molar-refractivity contribution in [3.8, 4) is 0 Å². The van der Waals surface area contributed by atoms with E-state index in [0.29, 0.717) is 44.0 Å². The molecule has 9 nitrogen and oxygen atoms in total. The molecule has 1 saturated heterocycles. The summed E-state index contributed by atoms with van der Waals surface area (Å²) < 4.78 is 36.3. The van der Waals surface area contributed by atoms with Crippen molar-refractivity contribution in [2.75, 3.05) is 25.0 Å². The van der Waals surface area contributed by atoms with Gasteiger partial charge >= 0.3 is 5.97 Å². The summed E-state index contributed by atoms with van der Waals surface area (Å²) in [4.78, 5) is 27.2. The van der Waals surface area contributed by atoms with Crippen molar-refractivity contribution in [2.45, 2.75) is 38.6 Å². The lowest BCUT2D eigenvalue weighted by Gasteiger charge is -2.29. The fraction of sp³-hybridized carbons (Fsp3) is 0.310. The van der Waals surface area contributed by atoms with Crippen LogP contribution in [0.15, 0.2) is 48.7 Å². The van der Waals surface area contributed by atoms with Crippen LogP contribution in [0.5, 0.6) is 0 Å². The number of halogens is 3. The molecule has 1 atom stereocenters. The minimum Gasteiger partial charge on any atom is -0.478 e. The Bertz CT molecular complexity index is 1660. The Morgan fingerprint density at radius 1 is 1.17 bits per heavy atom.